The molecule has 32 nitrogen and oxygen atoms in total. The molecule has 4 aromatic carbocycles. The highest BCUT2D eigenvalue weighted by Crippen LogP contribution is 2.32. The maximum absolute atomic E-state index is 12.5. The van der Waals surface area contributed by atoms with Gasteiger partial charge in [0, 0.05) is 97.9 Å². The van der Waals surface area contributed by atoms with Crippen LogP contribution in [0.25, 0.3) is 87.8 Å². The molecule has 0 atom stereocenters. The van der Waals surface area contributed by atoms with Crippen molar-refractivity contribution in [2.45, 2.75) is 39.0 Å². The number of ketones is 1. The Morgan fingerprint density at radius 1 is 0.389 bits per heavy atom. The number of carbonyl (C=O) groups is 4. The van der Waals surface area contributed by atoms with E-state index in [1.807, 2.05) is 138 Å². The summed E-state index contributed by atoms with van der Waals surface area (Å²) in [6, 6.07) is 43.0. The van der Waals surface area contributed by atoms with Crippen molar-refractivity contribution in [2.75, 3.05) is 16.0 Å². The van der Waals surface area contributed by atoms with Gasteiger partial charge in [0.25, 0.3) is 22.2 Å². The first-order chi connectivity index (χ1) is 54.3. The summed E-state index contributed by atoms with van der Waals surface area (Å²) in [5.41, 5.74) is 8.28. The minimum Gasteiger partial charge on any atom is -0.325 e. The zero-order valence-electron chi connectivity index (χ0n) is 61.8. The number of imidazole rings is 4. The SMILES string of the molecule is Cn1c(=O)c2c(ncn2CC(=O)Nc2cc(-c3ccccc3)cs2)n(C)c1=O.Cn1c(=O)c2c(ncn2CC(=O)Nc2ccc(-c3ccccc3)s2)n(C)c1=O.Cn1c(=O)c2c(ncn2CC(=O)Nc2ccc(-c3cncs3)cc2)n(C)c1=O.Cn1c(=O)c2c(ncn2CCC(=O)Cc2ccc(-c3ccsc3)cc2)n(C)c1=O. The number of carbonyl (C=O) groups excluding carboxylic acids is 4. The lowest BCUT2D eigenvalue weighted by Gasteiger charge is -2.08. The lowest BCUT2D eigenvalue weighted by atomic mass is 10.0. The predicted octanol–water partition coefficient (Wildman–Crippen LogP) is 7.16. The lowest BCUT2D eigenvalue weighted by Crippen LogP contribution is -2.37. The molecule has 0 unspecified atom stereocenters. The van der Waals surface area contributed by atoms with Crippen molar-refractivity contribution in [3.63, 3.8) is 0 Å². The zero-order chi connectivity index (χ0) is 80.1. The van der Waals surface area contributed by atoms with E-state index in [0.29, 0.717) is 39.8 Å². The number of anilines is 3. The van der Waals surface area contributed by atoms with Crippen molar-refractivity contribution in [1.29, 1.82) is 0 Å². The lowest BCUT2D eigenvalue weighted by molar-refractivity contribution is -0.119. The molecule has 0 spiro atoms. The molecule has 16 rings (SSSR count). The topological polar surface area (TPSA) is 365 Å². The van der Waals surface area contributed by atoms with Crippen LogP contribution >= 0.6 is 45.3 Å². The van der Waals surface area contributed by atoms with Gasteiger partial charge in [-0.15, -0.1) is 34.0 Å². The molecule has 0 aliphatic carbocycles. The van der Waals surface area contributed by atoms with E-state index in [4.69, 9.17) is 0 Å². The van der Waals surface area contributed by atoms with Gasteiger partial charge in [-0.25, -0.2) is 39.1 Å². The fraction of sp³-hybridized carbons (Fsp3) is 0.182. The molecule has 113 heavy (non-hydrogen) atoms. The van der Waals surface area contributed by atoms with E-state index in [2.05, 4.69) is 52.3 Å². The Balaban J connectivity index is 0.000000132. The van der Waals surface area contributed by atoms with Gasteiger partial charge in [-0.3, -0.25) is 79.9 Å². The minimum atomic E-state index is -0.489. The van der Waals surface area contributed by atoms with E-state index in [1.165, 1.54) is 146 Å². The Morgan fingerprint density at radius 2 is 0.814 bits per heavy atom. The van der Waals surface area contributed by atoms with Crippen LogP contribution in [0, 0.1) is 0 Å². The molecule has 3 N–H and O–H groups in total. The number of fused-ring (bicyclic) bond motifs is 4. The van der Waals surface area contributed by atoms with Crippen LogP contribution in [0.15, 0.2) is 225 Å². The Hall–Kier alpha value is -13.7. The number of nitrogens with one attached hydrogen (secondary N) is 3. The summed E-state index contributed by atoms with van der Waals surface area (Å²) in [5, 5.41) is 16.0. The molecule has 12 aromatic heterocycles. The summed E-state index contributed by atoms with van der Waals surface area (Å²) in [6.07, 6.45) is 8.10. The first kappa shape index (κ1) is 77.4. The molecular weight excluding hydrogens is 1530 g/mol. The van der Waals surface area contributed by atoms with Crippen molar-refractivity contribution in [3.8, 4) is 43.1 Å². The van der Waals surface area contributed by atoms with E-state index >= 15 is 0 Å². The third-order valence-electron chi connectivity index (χ3n) is 18.4. The Morgan fingerprint density at radius 3 is 1.27 bits per heavy atom. The molecular formula is C77H70N20O12S4. The smallest absolute Gasteiger partial charge is 0.325 e. The van der Waals surface area contributed by atoms with Crippen molar-refractivity contribution in [1.82, 2.24) is 79.7 Å². The molecule has 3 amide bonds. The number of thiophene rings is 3. The Bertz CT molecular complexity index is 6600. The third-order valence-corrected chi connectivity index (χ3v) is 21.8. The summed E-state index contributed by atoms with van der Waals surface area (Å²) >= 11 is 6.10. The van der Waals surface area contributed by atoms with E-state index in [0.717, 1.165) is 61.4 Å². The van der Waals surface area contributed by atoms with Gasteiger partial charge in [-0.2, -0.15) is 11.3 Å². The summed E-state index contributed by atoms with van der Waals surface area (Å²) in [7, 11) is 11.8. The highest BCUT2D eigenvalue weighted by molar-refractivity contribution is 7.19. The van der Waals surface area contributed by atoms with Crippen molar-refractivity contribution in [3.05, 3.63) is 276 Å². The number of aromatic nitrogens is 17. The van der Waals surface area contributed by atoms with E-state index in [-0.39, 0.29) is 83.1 Å². The zero-order valence-corrected chi connectivity index (χ0v) is 65.0. The van der Waals surface area contributed by atoms with Gasteiger partial charge in [0.1, 0.15) is 25.4 Å². The van der Waals surface area contributed by atoms with Gasteiger partial charge < -0.3 is 34.2 Å². The molecule has 0 radical (unpaired) electrons. The number of amides is 3. The maximum atomic E-state index is 12.5. The van der Waals surface area contributed by atoms with Crippen molar-refractivity contribution >= 4 is 129 Å². The van der Waals surface area contributed by atoms with Gasteiger partial charge >= 0.3 is 22.8 Å². The third kappa shape index (κ3) is 16.5. The van der Waals surface area contributed by atoms with Crippen LogP contribution in [0.4, 0.5) is 15.7 Å². The number of hydrogen-bond donors (Lipinski definition) is 3. The number of Topliss-reactive ketones (excluding diaryl/α,β-unsaturated/α-hetero) is 1. The maximum Gasteiger partial charge on any atom is 0.332 e. The molecule has 0 saturated heterocycles. The van der Waals surface area contributed by atoms with Gasteiger partial charge in [0.05, 0.1) is 45.7 Å². The number of aryl methyl sites for hydroxylation is 5. The monoisotopic (exact) mass is 1590 g/mol. The van der Waals surface area contributed by atoms with Gasteiger partial charge in [0.2, 0.25) is 17.7 Å². The van der Waals surface area contributed by atoms with Gasteiger partial charge in [-0.1, -0.05) is 97.1 Å². The number of rotatable bonds is 18. The summed E-state index contributed by atoms with van der Waals surface area (Å²) < 4.78 is 15.3. The number of benzene rings is 4. The normalized spacial score (nSPS) is 11.1. The quantitative estimate of drug-likeness (QED) is 0.0766. The Kier molecular flexibility index (Phi) is 22.8. The fourth-order valence-electron chi connectivity index (χ4n) is 12.4. The van der Waals surface area contributed by atoms with Crippen molar-refractivity contribution in [2.24, 2.45) is 56.4 Å². The van der Waals surface area contributed by atoms with Crippen LogP contribution in [0.1, 0.15) is 12.0 Å². The summed E-state index contributed by atoms with van der Waals surface area (Å²) in [6.45, 7) is 0.0847. The number of hydrogen-bond acceptors (Lipinski definition) is 21. The van der Waals surface area contributed by atoms with Crippen LogP contribution in [0.5, 0.6) is 0 Å². The number of thiazole rings is 1. The summed E-state index contributed by atoms with van der Waals surface area (Å²) in [4.78, 5) is 170. The van der Waals surface area contributed by atoms with Crippen LogP contribution in [-0.2, 0) is 108 Å². The minimum absolute atomic E-state index is 0.0803. The van der Waals surface area contributed by atoms with Gasteiger partial charge in [0.15, 0.2) is 44.7 Å². The fourth-order valence-corrected chi connectivity index (χ4v) is 15.4. The second-order valence-electron chi connectivity index (χ2n) is 25.9. The molecule has 0 saturated carbocycles. The second-order valence-corrected chi connectivity index (χ2v) is 29.6. The largest absolute Gasteiger partial charge is 0.332 e. The van der Waals surface area contributed by atoms with E-state index < -0.39 is 45.0 Å². The van der Waals surface area contributed by atoms with Crippen LogP contribution in [-0.4, -0.2) is 103 Å². The molecule has 0 aliphatic rings. The number of nitrogens with zero attached hydrogens (tertiary/aromatic N) is 17. The average molecular weight is 1600 g/mol. The second kappa shape index (κ2) is 33.2. The molecule has 0 aliphatic heterocycles. The molecule has 0 bridgehead atoms. The van der Waals surface area contributed by atoms with Crippen LogP contribution < -0.4 is 60.9 Å². The molecule has 36 heteroatoms. The Labute approximate surface area is 654 Å². The van der Waals surface area contributed by atoms with E-state index in [9.17, 15) is 57.5 Å². The standard InChI is InChI=1S/C21H20N4O3S.2C19H17N5O3S.C18H16N6O3S/c1-23-19-18(20(27)24(2)21(23)28)25(13-22-19)9-7-17(26)11-14-3-5-15(6-4-14)16-8-10-29-12-16;1-22-17-16(18(26)23(2)19(22)27)24(11-20-17)9-14(25)21-15-8-13(10-28-15)12-6-4-3-5-7-12;1-22-17-16(18(26)23(2)19(22)27)24(11-20-17)10-14(25)21-15-9-8-13(28-15)12-6-4-3-5-7-12;1-22-16-15(17(26)23(2)18(22)27)24(9-20-16)8-14(25)21-12-5-3-11(4-6-12)13-7-19-10-28-13/h3-6,8,10,12-13H,7,9,11H2,1-2H3;3-8,10-11H,9H2,1-2H3,(H,21,25);3-9,11H,10H2,1-2H3,(H,21,25);3-7,9-10H,8H2,1-2H3,(H,21,25). The first-order valence-electron chi connectivity index (χ1n) is 34.6. The highest BCUT2D eigenvalue weighted by atomic mass is 32.1. The molecule has 12 heterocycles. The van der Waals surface area contributed by atoms with Crippen molar-refractivity contribution < 1.29 is 19.2 Å². The highest BCUT2D eigenvalue weighted by Gasteiger charge is 2.22. The molecule has 16 aromatic rings. The van der Waals surface area contributed by atoms with E-state index in [1.54, 1.807) is 34.7 Å². The average Bonchev–Trinajstić information content (AvgIpc) is 1.64. The van der Waals surface area contributed by atoms with Crippen LogP contribution in [0.3, 0.4) is 0 Å². The van der Waals surface area contributed by atoms with Crippen LogP contribution in [0.2, 0.25) is 0 Å². The summed E-state index contributed by atoms with van der Waals surface area (Å²) in [5.74, 6) is -0.786. The van der Waals surface area contributed by atoms with Gasteiger partial charge in [-0.05, 0) is 86.1 Å². The predicted molar refractivity (Wildman–Crippen MR) is 437 cm³/mol. The molecule has 574 valence electrons. The first-order valence-corrected chi connectivity index (χ1v) is 38.1. The molecule has 0 fully saturated rings.